The van der Waals surface area contributed by atoms with E-state index in [2.05, 4.69) is 29.2 Å². The first kappa shape index (κ1) is 10.8. The second-order valence-corrected chi connectivity index (χ2v) is 5.64. The van der Waals surface area contributed by atoms with Gasteiger partial charge in [0.05, 0.1) is 0 Å². The lowest BCUT2D eigenvalue weighted by Crippen LogP contribution is -2.20. The second-order valence-electron chi connectivity index (χ2n) is 5.64. The van der Waals surface area contributed by atoms with Crippen LogP contribution in [0.4, 0.5) is 5.69 Å². The van der Waals surface area contributed by atoms with Gasteiger partial charge in [-0.25, -0.2) is 0 Å². The molecule has 2 heteroatoms. The highest BCUT2D eigenvalue weighted by atomic mass is 16.1. The van der Waals surface area contributed by atoms with Gasteiger partial charge in [-0.15, -0.1) is 0 Å². The van der Waals surface area contributed by atoms with Crippen LogP contribution in [-0.2, 0) is 4.79 Å². The molecule has 2 aliphatic rings. The van der Waals surface area contributed by atoms with Crippen molar-refractivity contribution in [3.05, 3.63) is 29.8 Å². The number of rotatable bonds is 2. The molecule has 0 aliphatic heterocycles. The first-order chi connectivity index (χ1) is 8.16. The van der Waals surface area contributed by atoms with Gasteiger partial charge in [0.15, 0.2) is 0 Å². The average molecular weight is 229 g/mol. The molecule has 17 heavy (non-hydrogen) atoms. The van der Waals surface area contributed by atoms with Crippen LogP contribution in [0.5, 0.6) is 0 Å². The zero-order valence-corrected chi connectivity index (χ0v) is 10.5. The molecule has 1 aromatic rings. The Morgan fingerprint density at radius 1 is 1.12 bits per heavy atom. The van der Waals surface area contributed by atoms with Crippen molar-refractivity contribution in [1.82, 2.24) is 0 Å². The third kappa shape index (κ3) is 1.67. The Bertz CT molecular complexity index is 435. The zero-order valence-electron chi connectivity index (χ0n) is 10.5. The standard InChI is InChI=1S/C15H19NO/c1-16(2)13-7-5-10(6-8-13)14-11-3-4-12(9-11)15(14)17/h5-8,11-12,14H,3-4,9H2,1-2H3. The molecule has 2 nitrogen and oxygen atoms in total. The van der Waals surface area contributed by atoms with Crippen LogP contribution < -0.4 is 4.90 Å². The molecule has 3 unspecified atom stereocenters. The quantitative estimate of drug-likeness (QED) is 0.777. The van der Waals surface area contributed by atoms with Gasteiger partial charge in [0.1, 0.15) is 5.78 Å². The normalized spacial score (nSPS) is 30.9. The number of fused-ring (bicyclic) bond motifs is 2. The molecule has 2 fully saturated rings. The smallest absolute Gasteiger partial charge is 0.143 e. The van der Waals surface area contributed by atoms with E-state index in [1.54, 1.807) is 0 Å². The Morgan fingerprint density at radius 3 is 2.35 bits per heavy atom. The molecule has 0 radical (unpaired) electrons. The number of Topliss-reactive ketones (excluding diaryl/α,β-unsaturated/α-hetero) is 1. The minimum atomic E-state index is 0.199. The van der Waals surface area contributed by atoms with Gasteiger partial charge in [0.2, 0.25) is 0 Å². The summed E-state index contributed by atoms with van der Waals surface area (Å²) in [5, 5.41) is 0. The van der Waals surface area contributed by atoms with Crippen LogP contribution in [-0.4, -0.2) is 19.9 Å². The molecule has 2 aliphatic carbocycles. The maximum absolute atomic E-state index is 12.2. The highest BCUT2D eigenvalue weighted by molar-refractivity contribution is 5.91. The molecule has 0 N–H and O–H groups in total. The predicted molar refractivity (Wildman–Crippen MR) is 69.3 cm³/mol. The van der Waals surface area contributed by atoms with Gasteiger partial charge < -0.3 is 4.90 Å². The fraction of sp³-hybridized carbons (Fsp3) is 0.533. The second kappa shape index (κ2) is 3.86. The molecular weight excluding hydrogens is 210 g/mol. The Kier molecular flexibility index (Phi) is 2.46. The van der Waals surface area contributed by atoms with Crippen molar-refractivity contribution >= 4 is 11.5 Å². The zero-order chi connectivity index (χ0) is 12.0. The van der Waals surface area contributed by atoms with Crippen molar-refractivity contribution < 1.29 is 4.79 Å². The maximum Gasteiger partial charge on any atom is 0.143 e. The number of carbonyl (C=O) groups excluding carboxylic acids is 1. The third-order valence-corrected chi connectivity index (χ3v) is 4.42. The summed E-state index contributed by atoms with van der Waals surface area (Å²) in [7, 11) is 4.08. The van der Waals surface area contributed by atoms with Gasteiger partial charge in [0.25, 0.3) is 0 Å². The summed E-state index contributed by atoms with van der Waals surface area (Å²) in [6, 6.07) is 8.51. The van der Waals surface area contributed by atoms with Gasteiger partial charge >= 0.3 is 0 Å². The summed E-state index contributed by atoms with van der Waals surface area (Å²) in [6.07, 6.45) is 3.52. The van der Waals surface area contributed by atoms with Crippen molar-refractivity contribution in [1.29, 1.82) is 0 Å². The fourth-order valence-electron chi connectivity index (χ4n) is 3.48. The van der Waals surface area contributed by atoms with Crippen LogP contribution in [0.2, 0.25) is 0 Å². The molecule has 2 saturated carbocycles. The number of hydrogen-bond acceptors (Lipinski definition) is 2. The molecule has 90 valence electrons. The van der Waals surface area contributed by atoms with E-state index >= 15 is 0 Å². The monoisotopic (exact) mass is 229 g/mol. The topological polar surface area (TPSA) is 20.3 Å². The van der Waals surface area contributed by atoms with E-state index in [0.29, 0.717) is 17.6 Å². The van der Waals surface area contributed by atoms with Crippen LogP contribution >= 0.6 is 0 Å². The summed E-state index contributed by atoms with van der Waals surface area (Å²) in [5.41, 5.74) is 2.43. The van der Waals surface area contributed by atoms with Gasteiger partial charge in [-0.2, -0.15) is 0 Å². The van der Waals surface area contributed by atoms with Crippen molar-refractivity contribution in [2.75, 3.05) is 19.0 Å². The lowest BCUT2D eigenvalue weighted by atomic mass is 9.82. The summed E-state index contributed by atoms with van der Waals surface area (Å²) in [6.45, 7) is 0. The molecule has 0 saturated heterocycles. The van der Waals surface area contributed by atoms with Crippen molar-refractivity contribution in [2.24, 2.45) is 11.8 Å². The number of nitrogens with zero attached hydrogens (tertiary/aromatic N) is 1. The highest BCUT2D eigenvalue weighted by Gasteiger charge is 2.47. The number of benzene rings is 1. The summed E-state index contributed by atoms with van der Waals surface area (Å²) in [5.74, 6) is 1.69. The lowest BCUT2D eigenvalue weighted by Gasteiger charge is -2.21. The van der Waals surface area contributed by atoms with Crippen molar-refractivity contribution in [2.45, 2.75) is 25.2 Å². The molecule has 2 bridgehead atoms. The highest BCUT2D eigenvalue weighted by Crippen LogP contribution is 2.50. The molecule has 0 heterocycles. The molecule has 3 rings (SSSR count). The Hall–Kier alpha value is -1.31. The predicted octanol–water partition coefficient (Wildman–Crippen LogP) is 2.84. The summed E-state index contributed by atoms with van der Waals surface area (Å²) >= 11 is 0. The first-order valence-electron chi connectivity index (χ1n) is 6.48. The van der Waals surface area contributed by atoms with Gasteiger partial charge in [-0.1, -0.05) is 12.1 Å². The van der Waals surface area contributed by atoms with E-state index in [0.717, 1.165) is 12.8 Å². The van der Waals surface area contributed by atoms with Crippen LogP contribution in [0.3, 0.4) is 0 Å². The average Bonchev–Trinajstić information content (AvgIpc) is 2.89. The maximum atomic E-state index is 12.2. The molecule has 0 aromatic heterocycles. The van der Waals surface area contributed by atoms with E-state index in [1.165, 1.54) is 17.7 Å². The van der Waals surface area contributed by atoms with Crippen LogP contribution in [0.15, 0.2) is 24.3 Å². The first-order valence-corrected chi connectivity index (χ1v) is 6.48. The van der Waals surface area contributed by atoms with E-state index in [1.807, 2.05) is 14.1 Å². The van der Waals surface area contributed by atoms with Gasteiger partial charge in [0, 0.05) is 31.6 Å². The number of carbonyl (C=O) groups is 1. The number of anilines is 1. The molecule has 1 aromatic carbocycles. The van der Waals surface area contributed by atoms with Crippen LogP contribution in [0, 0.1) is 11.8 Å². The van der Waals surface area contributed by atoms with E-state index in [-0.39, 0.29) is 5.92 Å². The molecule has 3 atom stereocenters. The summed E-state index contributed by atoms with van der Waals surface area (Å²) < 4.78 is 0. The minimum absolute atomic E-state index is 0.199. The molecular formula is C15H19NO. The molecule has 0 amide bonds. The van der Waals surface area contributed by atoms with Crippen molar-refractivity contribution in [3.8, 4) is 0 Å². The molecule has 0 spiro atoms. The Balaban J connectivity index is 1.87. The fourth-order valence-corrected chi connectivity index (χ4v) is 3.48. The minimum Gasteiger partial charge on any atom is -0.378 e. The SMILES string of the molecule is CN(C)c1ccc(C2C(=O)C3CCC2C3)cc1. The largest absolute Gasteiger partial charge is 0.378 e. The Labute approximate surface area is 103 Å². The van der Waals surface area contributed by atoms with E-state index < -0.39 is 0 Å². The van der Waals surface area contributed by atoms with E-state index in [4.69, 9.17) is 0 Å². The van der Waals surface area contributed by atoms with Crippen LogP contribution in [0.25, 0.3) is 0 Å². The third-order valence-electron chi connectivity index (χ3n) is 4.42. The van der Waals surface area contributed by atoms with Gasteiger partial charge in [-0.05, 0) is 42.9 Å². The summed E-state index contributed by atoms with van der Waals surface area (Å²) in [4.78, 5) is 14.3. The van der Waals surface area contributed by atoms with Crippen LogP contribution in [0.1, 0.15) is 30.7 Å². The number of hydrogen-bond donors (Lipinski definition) is 0. The number of ketones is 1. The van der Waals surface area contributed by atoms with Crippen molar-refractivity contribution in [3.63, 3.8) is 0 Å². The Morgan fingerprint density at radius 2 is 1.82 bits per heavy atom. The van der Waals surface area contributed by atoms with E-state index in [9.17, 15) is 4.79 Å². The van der Waals surface area contributed by atoms with Gasteiger partial charge in [-0.3, -0.25) is 4.79 Å². The lowest BCUT2D eigenvalue weighted by molar-refractivity contribution is -0.123.